The predicted molar refractivity (Wildman–Crippen MR) is 77.7 cm³/mol. The molecule has 3 heteroatoms. The first-order chi connectivity index (χ1) is 9.16. The Morgan fingerprint density at radius 3 is 2.74 bits per heavy atom. The minimum absolute atomic E-state index is 0.167. The Balaban J connectivity index is 1.74. The quantitative estimate of drug-likeness (QED) is 0.877. The van der Waals surface area contributed by atoms with Crippen LogP contribution < -0.4 is 5.32 Å². The summed E-state index contributed by atoms with van der Waals surface area (Å²) in [5, 5.41) is 3.54. The molecular formula is C16H25FN2. The zero-order valence-electron chi connectivity index (χ0n) is 12.0. The normalized spacial score (nSPS) is 22.4. The Morgan fingerprint density at radius 2 is 2.05 bits per heavy atom. The first-order valence-electron chi connectivity index (χ1n) is 7.36. The molecule has 1 heterocycles. The minimum atomic E-state index is -0.167. The smallest absolute Gasteiger partial charge is 0.123 e. The largest absolute Gasteiger partial charge is 0.310 e. The van der Waals surface area contributed by atoms with Gasteiger partial charge in [-0.1, -0.05) is 18.6 Å². The SMILES string of the molecule is CC(NCCC1CCCCN1C)c1ccc(F)cc1. The second-order valence-electron chi connectivity index (χ2n) is 5.65. The van der Waals surface area contributed by atoms with Crippen LogP contribution in [0.2, 0.25) is 0 Å². The molecule has 0 saturated carbocycles. The lowest BCUT2D eigenvalue weighted by molar-refractivity contribution is 0.174. The molecule has 1 aliphatic heterocycles. The summed E-state index contributed by atoms with van der Waals surface area (Å²) in [6.45, 7) is 4.39. The van der Waals surface area contributed by atoms with Crippen LogP contribution in [0.3, 0.4) is 0 Å². The number of piperidine rings is 1. The van der Waals surface area contributed by atoms with Crippen LogP contribution >= 0.6 is 0 Å². The van der Waals surface area contributed by atoms with Gasteiger partial charge in [0.25, 0.3) is 0 Å². The molecule has 1 saturated heterocycles. The highest BCUT2D eigenvalue weighted by atomic mass is 19.1. The van der Waals surface area contributed by atoms with Gasteiger partial charge < -0.3 is 10.2 Å². The molecule has 2 unspecified atom stereocenters. The maximum absolute atomic E-state index is 12.9. The fourth-order valence-electron chi connectivity index (χ4n) is 2.84. The van der Waals surface area contributed by atoms with Gasteiger partial charge in [0, 0.05) is 12.1 Å². The number of hydrogen-bond acceptors (Lipinski definition) is 2. The number of halogens is 1. The maximum atomic E-state index is 12.9. The van der Waals surface area contributed by atoms with Gasteiger partial charge in [0.2, 0.25) is 0 Å². The van der Waals surface area contributed by atoms with Crippen LogP contribution in [0, 0.1) is 5.82 Å². The van der Waals surface area contributed by atoms with Crippen molar-refractivity contribution in [2.24, 2.45) is 0 Å². The van der Waals surface area contributed by atoms with Crippen molar-refractivity contribution >= 4 is 0 Å². The number of nitrogens with one attached hydrogen (secondary N) is 1. The highest BCUT2D eigenvalue weighted by Crippen LogP contribution is 2.18. The molecule has 1 aromatic rings. The molecule has 19 heavy (non-hydrogen) atoms. The molecule has 2 nitrogen and oxygen atoms in total. The molecule has 0 amide bonds. The van der Waals surface area contributed by atoms with E-state index in [0.29, 0.717) is 0 Å². The monoisotopic (exact) mass is 264 g/mol. The zero-order chi connectivity index (χ0) is 13.7. The zero-order valence-corrected chi connectivity index (χ0v) is 12.0. The maximum Gasteiger partial charge on any atom is 0.123 e. The summed E-state index contributed by atoms with van der Waals surface area (Å²) >= 11 is 0. The number of nitrogens with zero attached hydrogens (tertiary/aromatic N) is 1. The van der Waals surface area contributed by atoms with Gasteiger partial charge in [-0.2, -0.15) is 0 Å². The Kier molecular flexibility index (Phi) is 5.34. The van der Waals surface area contributed by atoms with Crippen LogP contribution in [-0.2, 0) is 0 Å². The Labute approximate surface area is 116 Å². The van der Waals surface area contributed by atoms with E-state index in [-0.39, 0.29) is 11.9 Å². The Bertz CT molecular complexity index is 377. The second kappa shape index (κ2) is 7.01. The average Bonchev–Trinajstić information content (AvgIpc) is 2.41. The third-order valence-electron chi connectivity index (χ3n) is 4.22. The highest BCUT2D eigenvalue weighted by molar-refractivity contribution is 5.19. The lowest BCUT2D eigenvalue weighted by atomic mass is 10.00. The molecule has 106 valence electrons. The predicted octanol–water partition coefficient (Wildman–Crippen LogP) is 3.35. The summed E-state index contributed by atoms with van der Waals surface area (Å²) < 4.78 is 12.9. The number of hydrogen-bond donors (Lipinski definition) is 1. The van der Waals surface area contributed by atoms with E-state index < -0.39 is 0 Å². The standard InChI is InChI=1S/C16H25FN2/c1-13(14-6-8-15(17)9-7-14)18-11-10-16-5-3-4-12-19(16)2/h6-9,13,16,18H,3-5,10-12H2,1-2H3. The fourth-order valence-corrected chi connectivity index (χ4v) is 2.84. The number of likely N-dealkylation sites (tertiary alicyclic amines) is 1. The topological polar surface area (TPSA) is 15.3 Å². The molecule has 1 N–H and O–H groups in total. The van der Waals surface area contributed by atoms with Crippen molar-refractivity contribution in [3.63, 3.8) is 0 Å². The van der Waals surface area contributed by atoms with Crippen LogP contribution in [0.25, 0.3) is 0 Å². The summed E-state index contributed by atoms with van der Waals surface area (Å²) in [6.07, 6.45) is 5.22. The molecule has 0 bridgehead atoms. The van der Waals surface area contributed by atoms with Crippen LogP contribution in [0.5, 0.6) is 0 Å². The number of benzene rings is 1. The van der Waals surface area contributed by atoms with Gasteiger partial charge in [0.15, 0.2) is 0 Å². The molecule has 0 aliphatic carbocycles. The summed E-state index contributed by atoms with van der Waals surface area (Å²) in [5.41, 5.74) is 1.15. The molecule has 2 rings (SSSR count). The van der Waals surface area contributed by atoms with Crippen molar-refractivity contribution in [1.29, 1.82) is 0 Å². The van der Waals surface area contributed by atoms with Gasteiger partial charge in [0.1, 0.15) is 5.82 Å². The molecule has 1 aromatic carbocycles. The van der Waals surface area contributed by atoms with Crippen molar-refractivity contribution in [3.05, 3.63) is 35.6 Å². The first-order valence-corrected chi connectivity index (χ1v) is 7.36. The lowest BCUT2D eigenvalue weighted by Crippen LogP contribution is -2.38. The third-order valence-corrected chi connectivity index (χ3v) is 4.22. The molecule has 0 aromatic heterocycles. The van der Waals surface area contributed by atoms with E-state index >= 15 is 0 Å². The van der Waals surface area contributed by atoms with E-state index in [0.717, 1.165) is 18.2 Å². The van der Waals surface area contributed by atoms with E-state index in [9.17, 15) is 4.39 Å². The second-order valence-corrected chi connectivity index (χ2v) is 5.65. The van der Waals surface area contributed by atoms with E-state index in [1.165, 1.54) is 44.4 Å². The van der Waals surface area contributed by atoms with Crippen LogP contribution in [0.4, 0.5) is 4.39 Å². The third kappa shape index (κ3) is 4.29. The van der Waals surface area contributed by atoms with Crippen molar-refractivity contribution < 1.29 is 4.39 Å². The van der Waals surface area contributed by atoms with Crippen LogP contribution in [-0.4, -0.2) is 31.1 Å². The average molecular weight is 264 g/mol. The van der Waals surface area contributed by atoms with Gasteiger partial charge in [-0.3, -0.25) is 0 Å². The number of rotatable bonds is 5. The fraction of sp³-hybridized carbons (Fsp3) is 0.625. The molecule has 0 radical (unpaired) electrons. The van der Waals surface area contributed by atoms with Gasteiger partial charge in [0.05, 0.1) is 0 Å². The van der Waals surface area contributed by atoms with Crippen molar-refractivity contribution in [2.45, 2.75) is 44.7 Å². The van der Waals surface area contributed by atoms with Gasteiger partial charge in [-0.25, -0.2) is 4.39 Å². The van der Waals surface area contributed by atoms with E-state index in [1.54, 1.807) is 0 Å². The lowest BCUT2D eigenvalue weighted by Gasteiger charge is -2.32. The molecule has 1 fully saturated rings. The first kappa shape index (κ1) is 14.5. The van der Waals surface area contributed by atoms with Crippen LogP contribution in [0.15, 0.2) is 24.3 Å². The van der Waals surface area contributed by atoms with Crippen molar-refractivity contribution in [1.82, 2.24) is 10.2 Å². The minimum Gasteiger partial charge on any atom is -0.310 e. The summed E-state index contributed by atoms with van der Waals surface area (Å²) in [7, 11) is 2.23. The molecule has 2 atom stereocenters. The van der Waals surface area contributed by atoms with Gasteiger partial charge in [-0.15, -0.1) is 0 Å². The molecule has 1 aliphatic rings. The molecule has 0 spiro atoms. The van der Waals surface area contributed by atoms with Gasteiger partial charge in [-0.05, 0) is 64.0 Å². The highest BCUT2D eigenvalue weighted by Gasteiger charge is 2.18. The van der Waals surface area contributed by atoms with E-state index in [2.05, 4.69) is 24.2 Å². The summed E-state index contributed by atoms with van der Waals surface area (Å²) in [4.78, 5) is 2.48. The summed E-state index contributed by atoms with van der Waals surface area (Å²) in [5.74, 6) is -0.167. The Morgan fingerprint density at radius 1 is 1.32 bits per heavy atom. The molecular weight excluding hydrogens is 239 g/mol. The van der Waals surface area contributed by atoms with Crippen molar-refractivity contribution in [3.8, 4) is 0 Å². The van der Waals surface area contributed by atoms with Crippen LogP contribution in [0.1, 0.15) is 44.2 Å². The van der Waals surface area contributed by atoms with Crippen molar-refractivity contribution in [2.75, 3.05) is 20.1 Å². The van der Waals surface area contributed by atoms with E-state index in [4.69, 9.17) is 0 Å². The Hall–Kier alpha value is -0.930. The van der Waals surface area contributed by atoms with E-state index in [1.807, 2.05) is 12.1 Å². The van der Waals surface area contributed by atoms with Gasteiger partial charge >= 0.3 is 0 Å². The summed E-state index contributed by atoms with van der Waals surface area (Å²) in [6, 6.07) is 7.79.